The minimum absolute atomic E-state index is 0.143. The van der Waals surface area contributed by atoms with Crippen molar-refractivity contribution in [3.8, 4) is 5.75 Å². The average molecular weight is 344 g/mol. The number of fused-ring (bicyclic) bond motifs is 1. The van der Waals surface area contributed by atoms with Crippen molar-refractivity contribution in [2.24, 2.45) is 5.41 Å². The zero-order chi connectivity index (χ0) is 18.0. The average Bonchev–Trinajstić information content (AvgIpc) is 2.87. The Morgan fingerprint density at radius 2 is 1.80 bits per heavy atom. The van der Waals surface area contributed by atoms with E-state index in [1.54, 1.807) is 0 Å². The first kappa shape index (κ1) is 17.8. The molecule has 0 saturated carbocycles. The van der Waals surface area contributed by atoms with Crippen LogP contribution in [0.2, 0.25) is 0 Å². The van der Waals surface area contributed by atoms with E-state index in [-0.39, 0.29) is 17.2 Å². The Labute approximate surface area is 149 Å². The highest BCUT2D eigenvalue weighted by Crippen LogP contribution is 2.26. The van der Waals surface area contributed by atoms with Gasteiger partial charge in [0.05, 0.1) is 13.0 Å². The maximum atomic E-state index is 12.7. The van der Waals surface area contributed by atoms with E-state index < -0.39 is 0 Å². The number of benzene rings is 1. The number of hydrogen-bond donors (Lipinski definition) is 0. The van der Waals surface area contributed by atoms with Crippen molar-refractivity contribution < 1.29 is 14.3 Å². The third-order valence-corrected chi connectivity index (χ3v) is 4.89. The summed E-state index contributed by atoms with van der Waals surface area (Å²) in [6.07, 6.45) is 2.18. The molecule has 3 rings (SSSR count). The molecule has 0 spiro atoms. The van der Waals surface area contributed by atoms with Crippen molar-refractivity contribution in [3.63, 3.8) is 0 Å². The third kappa shape index (κ3) is 4.14. The Hall–Kier alpha value is -2.04. The van der Waals surface area contributed by atoms with Crippen molar-refractivity contribution in [3.05, 3.63) is 29.3 Å². The van der Waals surface area contributed by atoms with Crippen LogP contribution in [0.25, 0.3) is 0 Å². The molecule has 1 fully saturated rings. The molecule has 0 atom stereocenters. The number of carbonyl (C=O) groups excluding carboxylic acids is 2. The molecule has 5 heteroatoms. The zero-order valence-corrected chi connectivity index (χ0v) is 15.5. The van der Waals surface area contributed by atoms with Gasteiger partial charge in [0.1, 0.15) is 5.75 Å². The predicted octanol–water partition coefficient (Wildman–Crippen LogP) is 2.27. The monoisotopic (exact) mass is 344 g/mol. The summed E-state index contributed by atoms with van der Waals surface area (Å²) < 4.78 is 5.52. The lowest BCUT2D eigenvalue weighted by molar-refractivity contribution is -0.139. The molecule has 0 N–H and O–H groups in total. The predicted molar refractivity (Wildman–Crippen MR) is 96.6 cm³/mol. The van der Waals surface area contributed by atoms with E-state index in [0.717, 1.165) is 43.9 Å². The van der Waals surface area contributed by atoms with Crippen molar-refractivity contribution >= 4 is 11.8 Å². The molecule has 1 aromatic carbocycles. The lowest BCUT2D eigenvalue weighted by atomic mass is 9.94. The maximum absolute atomic E-state index is 12.7. The molecular weight excluding hydrogens is 316 g/mol. The second-order valence-corrected chi connectivity index (χ2v) is 7.99. The van der Waals surface area contributed by atoms with E-state index in [4.69, 9.17) is 4.74 Å². The Morgan fingerprint density at radius 1 is 1.08 bits per heavy atom. The number of nitrogens with zero attached hydrogens (tertiary/aromatic N) is 2. The molecule has 0 unspecified atom stereocenters. The lowest BCUT2D eigenvalue weighted by Gasteiger charge is -2.28. The van der Waals surface area contributed by atoms with Crippen LogP contribution in [0.3, 0.4) is 0 Å². The smallest absolute Gasteiger partial charge is 0.228 e. The first-order chi connectivity index (χ1) is 11.8. The van der Waals surface area contributed by atoms with Gasteiger partial charge < -0.3 is 14.5 Å². The Balaban J connectivity index is 1.59. The summed E-state index contributed by atoms with van der Waals surface area (Å²) in [6, 6.07) is 6.04. The minimum Gasteiger partial charge on any atom is -0.493 e. The largest absolute Gasteiger partial charge is 0.493 e. The van der Waals surface area contributed by atoms with Crippen LogP contribution in [0, 0.1) is 5.41 Å². The molecule has 2 aliphatic rings. The van der Waals surface area contributed by atoms with E-state index in [1.807, 2.05) is 42.7 Å². The molecule has 25 heavy (non-hydrogen) atoms. The summed E-state index contributed by atoms with van der Waals surface area (Å²) in [5.41, 5.74) is 1.87. The molecular formula is C20H28N2O3. The molecule has 0 aromatic heterocycles. The highest BCUT2D eigenvalue weighted by molar-refractivity contribution is 5.82. The molecule has 5 nitrogen and oxygen atoms in total. The SMILES string of the molecule is CC(C)(C)C(=O)N1CCCN(C(=O)Cc2ccc3c(c2)CCO3)CC1. The number of hydrogen-bond acceptors (Lipinski definition) is 3. The van der Waals surface area contributed by atoms with Crippen LogP contribution in [0.5, 0.6) is 5.75 Å². The van der Waals surface area contributed by atoms with Gasteiger partial charge >= 0.3 is 0 Å². The summed E-state index contributed by atoms with van der Waals surface area (Å²) in [5, 5.41) is 0. The van der Waals surface area contributed by atoms with Crippen molar-refractivity contribution in [2.45, 2.75) is 40.0 Å². The highest BCUT2D eigenvalue weighted by atomic mass is 16.5. The maximum Gasteiger partial charge on any atom is 0.228 e. The van der Waals surface area contributed by atoms with E-state index in [2.05, 4.69) is 6.07 Å². The second kappa shape index (κ2) is 7.06. The van der Waals surface area contributed by atoms with Gasteiger partial charge in [-0.3, -0.25) is 9.59 Å². The Bertz CT molecular complexity index is 663. The molecule has 1 saturated heterocycles. The summed E-state index contributed by atoms with van der Waals surface area (Å²) in [6.45, 7) is 9.27. The summed E-state index contributed by atoms with van der Waals surface area (Å²) in [7, 11) is 0. The molecule has 2 aliphatic heterocycles. The quantitative estimate of drug-likeness (QED) is 0.827. The van der Waals surface area contributed by atoms with Crippen LogP contribution < -0.4 is 4.74 Å². The van der Waals surface area contributed by atoms with Crippen LogP contribution in [-0.4, -0.2) is 54.4 Å². The van der Waals surface area contributed by atoms with Gasteiger partial charge in [0.15, 0.2) is 0 Å². The number of carbonyl (C=O) groups is 2. The number of rotatable bonds is 2. The van der Waals surface area contributed by atoms with Crippen molar-refractivity contribution in [2.75, 3.05) is 32.8 Å². The van der Waals surface area contributed by atoms with Crippen LogP contribution in [0.1, 0.15) is 38.3 Å². The van der Waals surface area contributed by atoms with Crippen LogP contribution >= 0.6 is 0 Å². The standard InChI is InChI=1S/C20H28N2O3/c1-20(2,3)19(24)22-9-4-8-21(10-11-22)18(23)14-15-5-6-17-16(13-15)7-12-25-17/h5-6,13H,4,7-12,14H2,1-3H3. The van der Waals surface area contributed by atoms with Gasteiger partial charge in [-0.05, 0) is 23.6 Å². The minimum atomic E-state index is -0.369. The van der Waals surface area contributed by atoms with Crippen LogP contribution in [0.15, 0.2) is 18.2 Å². The van der Waals surface area contributed by atoms with E-state index in [0.29, 0.717) is 19.5 Å². The van der Waals surface area contributed by atoms with E-state index >= 15 is 0 Å². The summed E-state index contributed by atoms with van der Waals surface area (Å²) in [4.78, 5) is 28.9. The summed E-state index contributed by atoms with van der Waals surface area (Å²) >= 11 is 0. The Morgan fingerprint density at radius 3 is 2.56 bits per heavy atom. The fourth-order valence-electron chi connectivity index (χ4n) is 3.48. The molecule has 136 valence electrons. The molecule has 0 radical (unpaired) electrons. The van der Waals surface area contributed by atoms with Crippen LogP contribution in [-0.2, 0) is 22.4 Å². The van der Waals surface area contributed by atoms with Gasteiger partial charge in [-0.2, -0.15) is 0 Å². The van der Waals surface area contributed by atoms with Gasteiger partial charge in [-0.1, -0.05) is 32.9 Å². The van der Waals surface area contributed by atoms with Gasteiger partial charge in [0.2, 0.25) is 11.8 Å². The topological polar surface area (TPSA) is 49.9 Å². The number of ether oxygens (including phenoxy) is 1. The molecule has 2 heterocycles. The van der Waals surface area contributed by atoms with Gasteiger partial charge in [0.25, 0.3) is 0 Å². The molecule has 0 bridgehead atoms. The van der Waals surface area contributed by atoms with Crippen molar-refractivity contribution in [1.82, 2.24) is 9.80 Å². The Kier molecular flexibility index (Phi) is 5.02. The number of amides is 2. The summed E-state index contributed by atoms with van der Waals surface area (Å²) in [5.74, 6) is 1.26. The fraction of sp³-hybridized carbons (Fsp3) is 0.600. The van der Waals surface area contributed by atoms with E-state index in [9.17, 15) is 9.59 Å². The first-order valence-corrected chi connectivity index (χ1v) is 9.16. The van der Waals surface area contributed by atoms with Crippen molar-refractivity contribution in [1.29, 1.82) is 0 Å². The van der Waals surface area contributed by atoms with Gasteiger partial charge in [-0.25, -0.2) is 0 Å². The van der Waals surface area contributed by atoms with Gasteiger partial charge in [-0.15, -0.1) is 0 Å². The second-order valence-electron chi connectivity index (χ2n) is 7.99. The normalized spacial score (nSPS) is 17.7. The lowest BCUT2D eigenvalue weighted by Crippen LogP contribution is -2.42. The molecule has 0 aliphatic carbocycles. The highest BCUT2D eigenvalue weighted by Gasteiger charge is 2.29. The van der Waals surface area contributed by atoms with Gasteiger partial charge in [0, 0.05) is 38.0 Å². The zero-order valence-electron chi connectivity index (χ0n) is 15.5. The van der Waals surface area contributed by atoms with Crippen LogP contribution in [0.4, 0.5) is 0 Å². The first-order valence-electron chi connectivity index (χ1n) is 9.16. The third-order valence-electron chi connectivity index (χ3n) is 4.89. The molecule has 1 aromatic rings. The molecule has 2 amide bonds. The van der Waals surface area contributed by atoms with E-state index in [1.165, 1.54) is 5.56 Å². The fourth-order valence-corrected chi connectivity index (χ4v) is 3.48.